The second-order valence-corrected chi connectivity index (χ2v) is 10.1. The Bertz CT molecular complexity index is 513. The van der Waals surface area contributed by atoms with Crippen LogP contribution < -0.4 is 5.32 Å². The van der Waals surface area contributed by atoms with Gasteiger partial charge in [0.2, 0.25) is 0 Å². The molecule has 1 aliphatic heterocycles. The Balaban J connectivity index is 1.28. The lowest BCUT2D eigenvalue weighted by Crippen LogP contribution is -2.63. The summed E-state index contributed by atoms with van der Waals surface area (Å²) in [5, 5.41) is 3.58. The number of nitrogens with one attached hydrogen (secondary N) is 1. The summed E-state index contributed by atoms with van der Waals surface area (Å²) < 4.78 is 5.81. The third-order valence-corrected chi connectivity index (χ3v) is 8.41. The van der Waals surface area contributed by atoms with Crippen LogP contribution in [0.4, 0.5) is 4.79 Å². The van der Waals surface area contributed by atoms with E-state index in [1.165, 1.54) is 64.2 Å². The predicted octanol–water partition coefficient (Wildman–Crippen LogP) is 3.95. The van der Waals surface area contributed by atoms with Crippen molar-refractivity contribution >= 4 is 6.03 Å². The molecule has 1 saturated heterocycles. The van der Waals surface area contributed by atoms with E-state index in [0.717, 1.165) is 37.3 Å². The number of likely N-dealkylation sites (tertiary alicyclic amines) is 1. The number of carbonyl (C=O) groups excluding carboxylic acids is 1. The van der Waals surface area contributed by atoms with Crippen LogP contribution in [-0.2, 0) is 4.74 Å². The number of carbonyl (C=O) groups is 1. The van der Waals surface area contributed by atoms with E-state index in [1.807, 2.05) is 7.11 Å². The molecular formula is C21H34N2O2. The highest BCUT2D eigenvalue weighted by Crippen LogP contribution is 2.55. The number of ether oxygens (including phenoxy) is 1. The maximum Gasteiger partial charge on any atom is 0.317 e. The second kappa shape index (κ2) is 5.87. The first-order valence-corrected chi connectivity index (χ1v) is 10.7. The first-order chi connectivity index (χ1) is 12.1. The molecule has 6 rings (SSSR count). The number of hydrogen-bond donors (Lipinski definition) is 1. The van der Waals surface area contributed by atoms with Crippen molar-refractivity contribution in [3.63, 3.8) is 0 Å². The normalized spacial score (nSPS) is 48.3. The third-order valence-electron chi connectivity index (χ3n) is 8.41. The minimum atomic E-state index is 0.132. The zero-order valence-corrected chi connectivity index (χ0v) is 15.8. The molecule has 0 unspecified atom stereocenters. The van der Waals surface area contributed by atoms with E-state index in [1.54, 1.807) is 0 Å². The molecule has 0 aromatic heterocycles. The number of nitrogens with zero attached hydrogens (tertiary/aromatic N) is 1. The number of rotatable bonds is 2. The minimum absolute atomic E-state index is 0.132. The second-order valence-electron chi connectivity index (χ2n) is 10.1. The summed E-state index contributed by atoms with van der Waals surface area (Å²) in [5.41, 5.74) is 0.360. The summed E-state index contributed by atoms with van der Waals surface area (Å²) in [5.74, 6) is 2.64. The van der Waals surface area contributed by atoms with Gasteiger partial charge in [0.05, 0.1) is 6.10 Å². The van der Waals surface area contributed by atoms with E-state index in [2.05, 4.69) is 10.2 Å². The molecule has 2 atom stereocenters. The van der Waals surface area contributed by atoms with Gasteiger partial charge in [-0.15, -0.1) is 0 Å². The van der Waals surface area contributed by atoms with Gasteiger partial charge >= 0.3 is 6.03 Å². The standard InChI is InChI=1S/C21H34N2O2/c1-25-18-4-2-5-20(18)6-3-7-23(14-20)19(24)22-21-11-15-8-16(12-21)10-17(9-15)13-21/h15-18H,2-14H2,1H3,(H,22,24)/t15?,16?,17?,18-,20+,21?/m1/s1. The Morgan fingerprint density at radius 1 is 1.04 bits per heavy atom. The SMILES string of the molecule is CO[C@@H]1CCC[C@@]12CCCN(C(=O)NC13CC4CC(CC(C4)C1)C3)C2. The van der Waals surface area contributed by atoms with Crippen molar-refractivity contribution < 1.29 is 9.53 Å². The van der Waals surface area contributed by atoms with Gasteiger partial charge in [0.15, 0.2) is 0 Å². The highest BCUT2D eigenvalue weighted by molar-refractivity contribution is 5.75. The monoisotopic (exact) mass is 346 g/mol. The van der Waals surface area contributed by atoms with Crippen LogP contribution in [0.1, 0.15) is 70.6 Å². The topological polar surface area (TPSA) is 41.6 Å². The van der Waals surface area contributed by atoms with Crippen LogP contribution in [0.15, 0.2) is 0 Å². The molecule has 0 aromatic rings. The molecule has 4 bridgehead atoms. The highest BCUT2D eigenvalue weighted by Gasteiger charge is 2.53. The Labute approximate surface area is 152 Å². The quantitative estimate of drug-likeness (QED) is 0.823. The van der Waals surface area contributed by atoms with Crippen molar-refractivity contribution in [1.29, 1.82) is 0 Å². The summed E-state index contributed by atoms with van der Waals surface area (Å²) in [6, 6.07) is 0.225. The molecule has 2 amide bonds. The van der Waals surface area contributed by atoms with E-state index in [9.17, 15) is 4.79 Å². The molecule has 1 N–H and O–H groups in total. The fourth-order valence-electron chi connectivity index (χ4n) is 7.84. The van der Waals surface area contributed by atoms with Crippen LogP contribution in [0.2, 0.25) is 0 Å². The lowest BCUT2D eigenvalue weighted by atomic mass is 9.53. The van der Waals surface area contributed by atoms with E-state index >= 15 is 0 Å². The zero-order chi connectivity index (χ0) is 17.1. The van der Waals surface area contributed by atoms with Gasteiger partial charge in [0.25, 0.3) is 0 Å². The number of piperidine rings is 1. The minimum Gasteiger partial charge on any atom is -0.381 e. The van der Waals surface area contributed by atoms with Crippen molar-refractivity contribution in [2.45, 2.75) is 82.3 Å². The molecular weight excluding hydrogens is 312 g/mol. The number of amides is 2. The van der Waals surface area contributed by atoms with Crippen molar-refractivity contribution in [3.8, 4) is 0 Å². The molecule has 6 aliphatic rings. The van der Waals surface area contributed by atoms with E-state index in [0.29, 0.717) is 6.10 Å². The summed E-state index contributed by atoms with van der Waals surface area (Å²) in [7, 11) is 1.85. The van der Waals surface area contributed by atoms with Crippen LogP contribution in [0.3, 0.4) is 0 Å². The van der Waals surface area contributed by atoms with Gasteiger partial charge in [-0.25, -0.2) is 4.79 Å². The van der Waals surface area contributed by atoms with Gasteiger partial charge in [0.1, 0.15) is 0 Å². The summed E-state index contributed by atoms with van der Waals surface area (Å²) >= 11 is 0. The van der Waals surface area contributed by atoms with Gasteiger partial charge in [-0.2, -0.15) is 0 Å². The maximum atomic E-state index is 13.2. The van der Waals surface area contributed by atoms with Gasteiger partial charge < -0.3 is 15.0 Å². The lowest BCUT2D eigenvalue weighted by Gasteiger charge is -2.57. The van der Waals surface area contributed by atoms with E-state index < -0.39 is 0 Å². The summed E-state index contributed by atoms with van der Waals surface area (Å²) in [6.45, 7) is 1.83. The van der Waals surface area contributed by atoms with Gasteiger partial charge in [-0.1, -0.05) is 6.42 Å². The van der Waals surface area contributed by atoms with Crippen molar-refractivity contribution in [3.05, 3.63) is 0 Å². The van der Waals surface area contributed by atoms with Crippen LogP contribution in [0.5, 0.6) is 0 Å². The average Bonchev–Trinajstić information content (AvgIpc) is 2.95. The van der Waals surface area contributed by atoms with E-state index in [-0.39, 0.29) is 17.0 Å². The van der Waals surface area contributed by atoms with Crippen LogP contribution in [0.25, 0.3) is 0 Å². The molecule has 25 heavy (non-hydrogen) atoms. The van der Waals surface area contributed by atoms with Crippen molar-refractivity contribution in [2.24, 2.45) is 23.2 Å². The molecule has 5 saturated carbocycles. The van der Waals surface area contributed by atoms with Gasteiger partial charge in [-0.05, 0) is 82.0 Å². The van der Waals surface area contributed by atoms with Crippen molar-refractivity contribution in [1.82, 2.24) is 10.2 Å². The summed E-state index contributed by atoms with van der Waals surface area (Å²) in [4.78, 5) is 15.3. The lowest BCUT2D eigenvalue weighted by molar-refractivity contribution is -0.0336. The molecule has 140 valence electrons. The molecule has 1 spiro atoms. The van der Waals surface area contributed by atoms with Crippen LogP contribution in [0, 0.1) is 23.2 Å². The number of methoxy groups -OCH3 is 1. The molecule has 4 heteroatoms. The number of urea groups is 1. The third kappa shape index (κ3) is 2.70. The van der Waals surface area contributed by atoms with Gasteiger partial charge in [-0.3, -0.25) is 0 Å². The summed E-state index contributed by atoms with van der Waals surface area (Å²) in [6.07, 6.45) is 14.4. The predicted molar refractivity (Wildman–Crippen MR) is 97.3 cm³/mol. The zero-order valence-electron chi connectivity index (χ0n) is 15.8. The Morgan fingerprint density at radius 3 is 2.32 bits per heavy atom. The maximum absolute atomic E-state index is 13.2. The molecule has 4 nitrogen and oxygen atoms in total. The van der Waals surface area contributed by atoms with Gasteiger partial charge in [0, 0.05) is 31.2 Å². The highest BCUT2D eigenvalue weighted by atomic mass is 16.5. The molecule has 0 radical (unpaired) electrons. The van der Waals surface area contributed by atoms with Crippen LogP contribution in [-0.4, -0.2) is 42.8 Å². The Kier molecular flexibility index (Phi) is 3.85. The first kappa shape index (κ1) is 16.4. The van der Waals surface area contributed by atoms with Crippen LogP contribution >= 0.6 is 0 Å². The fraction of sp³-hybridized carbons (Fsp3) is 0.952. The largest absolute Gasteiger partial charge is 0.381 e. The average molecular weight is 347 g/mol. The Morgan fingerprint density at radius 2 is 1.68 bits per heavy atom. The first-order valence-electron chi connectivity index (χ1n) is 10.7. The smallest absolute Gasteiger partial charge is 0.317 e. The molecule has 1 heterocycles. The Hall–Kier alpha value is -0.770. The fourth-order valence-corrected chi connectivity index (χ4v) is 7.84. The van der Waals surface area contributed by atoms with Crippen molar-refractivity contribution in [2.75, 3.05) is 20.2 Å². The molecule has 5 aliphatic carbocycles. The van der Waals surface area contributed by atoms with E-state index in [4.69, 9.17) is 4.74 Å². The molecule has 0 aromatic carbocycles. The molecule has 6 fully saturated rings. The number of hydrogen-bond acceptors (Lipinski definition) is 2.